The van der Waals surface area contributed by atoms with E-state index in [0.29, 0.717) is 5.92 Å². The molecular formula is C39H64. The van der Waals surface area contributed by atoms with Crippen molar-refractivity contribution < 1.29 is 0 Å². The molecule has 1 atom stereocenters. The van der Waals surface area contributed by atoms with Gasteiger partial charge in [-0.1, -0.05) is 156 Å². The molecule has 0 saturated carbocycles. The maximum Gasteiger partial charge on any atom is -0.0126 e. The van der Waals surface area contributed by atoms with Crippen LogP contribution in [0.2, 0.25) is 0 Å². The molecule has 0 fully saturated rings. The normalized spacial score (nSPS) is 15.1. The van der Waals surface area contributed by atoms with Crippen molar-refractivity contribution >= 4 is 0 Å². The Labute approximate surface area is 244 Å². The first kappa shape index (κ1) is 33.6. The number of hydrogen-bond donors (Lipinski definition) is 0. The summed E-state index contributed by atoms with van der Waals surface area (Å²) in [5.74, 6) is 0.414. The van der Waals surface area contributed by atoms with Gasteiger partial charge in [0.25, 0.3) is 0 Å². The van der Waals surface area contributed by atoms with Crippen LogP contribution in [0.15, 0.2) is 24.3 Å². The monoisotopic (exact) mass is 533 g/mol. The molecule has 0 aliphatic carbocycles. The maximum atomic E-state index is 2.63. The van der Waals surface area contributed by atoms with E-state index in [0.717, 1.165) is 6.42 Å². The molecule has 0 saturated heterocycles. The second-order valence-corrected chi connectivity index (χ2v) is 18.6. The Morgan fingerprint density at radius 3 is 1.26 bits per heavy atom. The van der Waals surface area contributed by atoms with Gasteiger partial charge >= 0.3 is 0 Å². The van der Waals surface area contributed by atoms with Crippen molar-refractivity contribution in [2.45, 2.75) is 176 Å². The van der Waals surface area contributed by atoms with E-state index >= 15 is 0 Å². The molecule has 0 heteroatoms. The fourth-order valence-corrected chi connectivity index (χ4v) is 6.38. The van der Waals surface area contributed by atoms with Crippen molar-refractivity contribution in [1.82, 2.24) is 0 Å². The van der Waals surface area contributed by atoms with Crippen molar-refractivity contribution in [1.29, 1.82) is 0 Å². The van der Waals surface area contributed by atoms with Crippen LogP contribution in [0.1, 0.15) is 182 Å². The third-order valence-electron chi connectivity index (χ3n) is 8.26. The van der Waals surface area contributed by atoms with E-state index in [2.05, 4.69) is 156 Å². The summed E-state index contributed by atoms with van der Waals surface area (Å²) in [4.78, 5) is 0. The summed E-state index contributed by atoms with van der Waals surface area (Å²) in [5, 5.41) is 0. The SMILES string of the molecule is CC(Cc1ccc(C(C)(C)C)cc1C(C)(C)C)c1cc(C(C)(C)C)c(C(C)(C)C)c(C(C)(C)C)c1C(C)(C)C. The van der Waals surface area contributed by atoms with Gasteiger partial charge in [-0.3, -0.25) is 0 Å². The van der Waals surface area contributed by atoms with Gasteiger partial charge in [-0.25, -0.2) is 0 Å². The van der Waals surface area contributed by atoms with Gasteiger partial charge in [0.1, 0.15) is 0 Å². The average molecular weight is 533 g/mol. The average Bonchev–Trinajstić information content (AvgIpc) is 2.68. The summed E-state index contributed by atoms with van der Waals surface area (Å²) in [5.41, 5.74) is 12.7. The van der Waals surface area contributed by atoms with Gasteiger partial charge in [0.15, 0.2) is 0 Å². The van der Waals surface area contributed by atoms with Crippen molar-refractivity contribution in [2.24, 2.45) is 0 Å². The molecular weight excluding hydrogens is 468 g/mol. The molecule has 2 aromatic carbocycles. The molecule has 0 heterocycles. The van der Waals surface area contributed by atoms with Crippen LogP contribution in [-0.2, 0) is 38.9 Å². The van der Waals surface area contributed by atoms with Crippen LogP contribution < -0.4 is 0 Å². The zero-order valence-electron chi connectivity index (χ0n) is 29.6. The van der Waals surface area contributed by atoms with Gasteiger partial charge < -0.3 is 0 Å². The Balaban J connectivity index is 2.99. The van der Waals surface area contributed by atoms with Crippen molar-refractivity contribution in [3.8, 4) is 0 Å². The first-order chi connectivity index (χ1) is 17.1. The number of benzene rings is 2. The second-order valence-electron chi connectivity index (χ2n) is 18.6. The number of rotatable bonds is 3. The minimum atomic E-state index is 0.0472. The maximum absolute atomic E-state index is 2.63. The highest BCUT2D eigenvalue weighted by Gasteiger charge is 2.38. The van der Waals surface area contributed by atoms with E-state index in [1.807, 2.05) is 0 Å². The first-order valence-corrected chi connectivity index (χ1v) is 15.4. The summed E-state index contributed by atoms with van der Waals surface area (Å²) in [6.07, 6.45) is 1.06. The lowest BCUT2D eigenvalue weighted by Crippen LogP contribution is -2.33. The lowest BCUT2D eigenvalue weighted by molar-refractivity contribution is 0.470. The van der Waals surface area contributed by atoms with Gasteiger partial charge in [-0.05, 0) is 89.3 Å². The standard InChI is InChI=1S/C39H64/c1-25(22-26-20-21-27(34(2,3)4)23-29(26)35(5,6)7)28-24-30(36(8,9)10)32(38(14,15)16)33(39(17,18)19)31(28)37(11,12)13/h20-21,23-25H,22H2,1-19H3. The highest BCUT2D eigenvalue weighted by Crippen LogP contribution is 2.49. The van der Waals surface area contributed by atoms with Crippen LogP contribution in [0.4, 0.5) is 0 Å². The van der Waals surface area contributed by atoms with Crippen LogP contribution in [0.3, 0.4) is 0 Å². The summed E-state index contributed by atoms with van der Waals surface area (Å²) in [6.45, 7) is 45.6. The Morgan fingerprint density at radius 2 is 0.897 bits per heavy atom. The van der Waals surface area contributed by atoms with Crippen molar-refractivity contribution in [2.75, 3.05) is 0 Å². The molecule has 0 aliphatic heterocycles. The third-order valence-corrected chi connectivity index (χ3v) is 8.26. The molecule has 0 nitrogen and oxygen atoms in total. The fourth-order valence-electron chi connectivity index (χ4n) is 6.38. The molecule has 2 aromatic rings. The van der Waals surface area contributed by atoms with E-state index in [-0.39, 0.29) is 32.5 Å². The van der Waals surface area contributed by atoms with E-state index in [4.69, 9.17) is 0 Å². The number of hydrogen-bond acceptors (Lipinski definition) is 0. The topological polar surface area (TPSA) is 0 Å². The van der Waals surface area contributed by atoms with Gasteiger partial charge in [-0.15, -0.1) is 0 Å². The predicted octanol–water partition coefficient (Wildman–Crippen LogP) is 11.8. The van der Waals surface area contributed by atoms with Crippen molar-refractivity contribution in [3.05, 3.63) is 68.8 Å². The Morgan fingerprint density at radius 1 is 0.462 bits per heavy atom. The zero-order chi connectivity index (χ0) is 30.7. The highest BCUT2D eigenvalue weighted by molar-refractivity contribution is 5.57. The lowest BCUT2D eigenvalue weighted by Gasteiger charge is -2.43. The lowest BCUT2D eigenvalue weighted by atomic mass is 9.62. The Bertz CT molecular complexity index is 1160. The molecule has 0 N–H and O–H groups in total. The highest BCUT2D eigenvalue weighted by atomic mass is 14.4. The molecule has 0 spiro atoms. The van der Waals surface area contributed by atoms with Gasteiger partial charge in [-0.2, -0.15) is 0 Å². The van der Waals surface area contributed by atoms with Gasteiger partial charge in [0.05, 0.1) is 0 Å². The van der Waals surface area contributed by atoms with E-state index in [1.54, 1.807) is 22.3 Å². The summed E-state index contributed by atoms with van der Waals surface area (Å²) >= 11 is 0. The van der Waals surface area contributed by atoms with Crippen LogP contribution in [-0.4, -0.2) is 0 Å². The molecule has 2 rings (SSSR count). The minimum absolute atomic E-state index is 0.0472. The Hall–Kier alpha value is -1.56. The van der Waals surface area contributed by atoms with E-state index < -0.39 is 0 Å². The summed E-state index contributed by atoms with van der Waals surface area (Å²) < 4.78 is 0. The van der Waals surface area contributed by atoms with Crippen LogP contribution in [0.5, 0.6) is 0 Å². The predicted molar refractivity (Wildman–Crippen MR) is 177 cm³/mol. The summed E-state index contributed by atoms with van der Waals surface area (Å²) in [6, 6.07) is 9.94. The van der Waals surface area contributed by atoms with E-state index in [9.17, 15) is 0 Å². The van der Waals surface area contributed by atoms with Gasteiger partial charge in [0, 0.05) is 0 Å². The fraction of sp³-hybridized carbons (Fsp3) is 0.692. The molecule has 0 aliphatic rings. The Kier molecular flexibility index (Phi) is 8.94. The van der Waals surface area contributed by atoms with Crippen LogP contribution >= 0.6 is 0 Å². The smallest absolute Gasteiger partial charge is 0.0126 e. The zero-order valence-corrected chi connectivity index (χ0v) is 29.6. The van der Waals surface area contributed by atoms with Crippen LogP contribution in [0.25, 0.3) is 0 Å². The molecule has 1 unspecified atom stereocenters. The molecule has 0 radical (unpaired) electrons. The molecule has 0 amide bonds. The second kappa shape index (κ2) is 10.4. The molecule has 39 heavy (non-hydrogen) atoms. The molecule has 220 valence electrons. The molecule has 0 aromatic heterocycles. The summed E-state index contributed by atoms with van der Waals surface area (Å²) in [7, 11) is 0. The largest absolute Gasteiger partial charge is 0.0584 e. The first-order valence-electron chi connectivity index (χ1n) is 15.4. The minimum Gasteiger partial charge on any atom is -0.0584 e. The third kappa shape index (κ3) is 7.59. The molecule has 0 bridgehead atoms. The van der Waals surface area contributed by atoms with E-state index in [1.165, 1.54) is 22.3 Å². The van der Waals surface area contributed by atoms with Crippen LogP contribution in [0, 0.1) is 0 Å². The van der Waals surface area contributed by atoms with Crippen molar-refractivity contribution in [3.63, 3.8) is 0 Å². The van der Waals surface area contributed by atoms with Gasteiger partial charge in [0.2, 0.25) is 0 Å². The quantitative estimate of drug-likeness (QED) is 0.369.